The van der Waals surface area contributed by atoms with Crippen molar-refractivity contribution in [2.75, 3.05) is 6.61 Å². The van der Waals surface area contributed by atoms with Crippen LogP contribution in [0, 0.1) is 0 Å². The Bertz CT molecular complexity index is 211. The van der Waals surface area contributed by atoms with Crippen molar-refractivity contribution in [1.29, 1.82) is 0 Å². The first-order valence-corrected chi connectivity index (χ1v) is 4.82. The largest absolute Gasteiger partial charge is 0.375 e. The van der Waals surface area contributed by atoms with Gasteiger partial charge in [0.25, 0.3) is 0 Å². The molecule has 0 spiro atoms. The molecule has 0 bridgehead atoms. The highest BCUT2D eigenvalue weighted by molar-refractivity contribution is 5.93. The molecule has 0 aromatic heterocycles. The molecule has 0 saturated carbocycles. The summed E-state index contributed by atoms with van der Waals surface area (Å²) in [6, 6.07) is 0. The molecule has 1 N–H and O–H groups in total. The van der Waals surface area contributed by atoms with Crippen LogP contribution in [-0.2, 0) is 14.3 Å². The fraction of sp³-hybridized carbons (Fsp3) is 0.800. The summed E-state index contributed by atoms with van der Waals surface area (Å²) < 4.78 is 5.46. The molecule has 0 heterocycles. The highest BCUT2D eigenvalue weighted by Crippen LogP contribution is 2.13. The van der Waals surface area contributed by atoms with Crippen molar-refractivity contribution < 1.29 is 14.3 Å². The molecule has 82 valence electrons. The fourth-order valence-corrected chi connectivity index (χ4v) is 0.781. The molecule has 14 heavy (non-hydrogen) atoms. The number of rotatable bonds is 5. The molecule has 2 amide bonds. The summed E-state index contributed by atoms with van der Waals surface area (Å²) in [4.78, 5) is 21.5. The van der Waals surface area contributed by atoms with E-state index in [9.17, 15) is 9.59 Å². The van der Waals surface area contributed by atoms with Gasteiger partial charge in [-0.2, -0.15) is 0 Å². The Morgan fingerprint density at radius 2 is 1.93 bits per heavy atom. The molecule has 0 rings (SSSR count). The number of nitrogens with one attached hydrogen (secondary N) is 1. The van der Waals surface area contributed by atoms with Crippen LogP contribution >= 0.6 is 0 Å². The first-order valence-electron chi connectivity index (χ1n) is 4.82. The van der Waals surface area contributed by atoms with Gasteiger partial charge in [0.05, 0.1) is 18.6 Å². The zero-order chi connectivity index (χ0) is 11.2. The smallest absolute Gasteiger partial charge is 0.228 e. The van der Waals surface area contributed by atoms with Gasteiger partial charge >= 0.3 is 0 Å². The summed E-state index contributed by atoms with van der Waals surface area (Å²) >= 11 is 0. The first kappa shape index (κ1) is 13.1. The van der Waals surface area contributed by atoms with E-state index in [4.69, 9.17) is 4.74 Å². The molecule has 4 heteroatoms. The molecular weight excluding hydrogens is 182 g/mol. The number of amides is 2. The molecule has 0 aliphatic carbocycles. The summed E-state index contributed by atoms with van der Waals surface area (Å²) in [5.41, 5.74) is -0.198. The number of ether oxygens (including phenoxy) is 1. The monoisotopic (exact) mass is 201 g/mol. The van der Waals surface area contributed by atoms with Crippen molar-refractivity contribution in [3.05, 3.63) is 0 Å². The second-order valence-electron chi connectivity index (χ2n) is 3.82. The summed E-state index contributed by atoms with van der Waals surface area (Å²) in [5, 5.41) is 2.19. The second kappa shape index (κ2) is 5.75. The van der Waals surface area contributed by atoms with Crippen LogP contribution < -0.4 is 5.32 Å². The maximum atomic E-state index is 11.0. The predicted octanol–water partition coefficient (Wildman–Crippen LogP) is 1.24. The van der Waals surface area contributed by atoms with E-state index in [2.05, 4.69) is 5.32 Å². The Hall–Kier alpha value is -0.900. The van der Waals surface area contributed by atoms with E-state index in [0.29, 0.717) is 6.61 Å². The zero-order valence-corrected chi connectivity index (χ0v) is 9.35. The van der Waals surface area contributed by atoms with Crippen LogP contribution in [0.1, 0.15) is 40.5 Å². The second-order valence-corrected chi connectivity index (χ2v) is 3.82. The van der Waals surface area contributed by atoms with Gasteiger partial charge in [0.15, 0.2) is 0 Å². The molecule has 0 atom stereocenters. The van der Waals surface area contributed by atoms with Gasteiger partial charge in [0.2, 0.25) is 11.8 Å². The standard InChI is InChI=1S/C10H19NO3/c1-5-10(3,4)14-7-6-9(13)11-8(2)12/h5-7H2,1-4H3,(H,11,12,13). The fourth-order valence-electron chi connectivity index (χ4n) is 0.781. The lowest BCUT2D eigenvalue weighted by molar-refractivity contribution is -0.130. The van der Waals surface area contributed by atoms with E-state index in [1.54, 1.807) is 0 Å². The lowest BCUT2D eigenvalue weighted by atomic mass is 10.1. The van der Waals surface area contributed by atoms with Crippen molar-refractivity contribution in [3.63, 3.8) is 0 Å². The summed E-state index contributed by atoms with van der Waals surface area (Å²) in [6.45, 7) is 7.62. The van der Waals surface area contributed by atoms with Crippen LogP contribution in [0.4, 0.5) is 0 Å². The van der Waals surface area contributed by atoms with Gasteiger partial charge in [-0.05, 0) is 20.3 Å². The minimum atomic E-state index is -0.329. The normalized spacial score (nSPS) is 11.1. The molecule has 0 aromatic rings. The third-order valence-corrected chi connectivity index (χ3v) is 1.99. The van der Waals surface area contributed by atoms with Crippen molar-refractivity contribution in [2.24, 2.45) is 0 Å². The van der Waals surface area contributed by atoms with Crippen molar-refractivity contribution in [3.8, 4) is 0 Å². The third kappa shape index (κ3) is 6.60. The van der Waals surface area contributed by atoms with E-state index < -0.39 is 0 Å². The van der Waals surface area contributed by atoms with Crippen LogP contribution in [-0.4, -0.2) is 24.0 Å². The molecule has 0 unspecified atom stereocenters. The Morgan fingerprint density at radius 1 is 1.36 bits per heavy atom. The highest BCUT2D eigenvalue weighted by Gasteiger charge is 2.15. The number of imide groups is 1. The van der Waals surface area contributed by atoms with E-state index >= 15 is 0 Å². The van der Waals surface area contributed by atoms with Gasteiger partial charge in [-0.15, -0.1) is 0 Å². The van der Waals surface area contributed by atoms with E-state index in [0.717, 1.165) is 6.42 Å². The Balaban J connectivity index is 3.64. The number of hydrogen-bond donors (Lipinski definition) is 1. The average Bonchev–Trinajstić information content (AvgIpc) is 2.02. The third-order valence-electron chi connectivity index (χ3n) is 1.99. The van der Waals surface area contributed by atoms with Crippen LogP contribution in [0.5, 0.6) is 0 Å². The summed E-state index contributed by atoms with van der Waals surface area (Å²) in [5.74, 6) is -0.617. The minimum absolute atomic E-state index is 0.198. The molecule has 0 radical (unpaired) electrons. The predicted molar refractivity (Wildman–Crippen MR) is 53.8 cm³/mol. The van der Waals surface area contributed by atoms with Crippen LogP contribution in [0.25, 0.3) is 0 Å². The Morgan fingerprint density at radius 3 is 2.36 bits per heavy atom. The maximum Gasteiger partial charge on any atom is 0.228 e. The van der Waals surface area contributed by atoms with Gasteiger partial charge in [-0.1, -0.05) is 6.92 Å². The SMILES string of the molecule is CCC(C)(C)OCCC(=O)NC(C)=O. The average molecular weight is 201 g/mol. The zero-order valence-electron chi connectivity index (χ0n) is 9.35. The number of carbonyl (C=O) groups excluding carboxylic acids is 2. The Labute approximate surface area is 85.0 Å². The van der Waals surface area contributed by atoms with Crippen LogP contribution in [0.2, 0.25) is 0 Å². The van der Waals surface area contributed by atoms with E-state index in [-0.39, 0.29) is 23.8 Å². The Kier molecular flexibility index (Phi) is 5.38. The van der Waals surface area contributed by atoms with Gasteiger partial charge in [-0.25, -0.2) is 0 Å². The molecular formula is C10H19NO3. The van der Waals surface area contributed by atoms with Crippen LogP contribution in [0.15, 0.2) is 0 Å². The maximum absolute atomic E-state index is 11.0. The lowest BCUT2D eigenvalue weighted by Crippen LogP contribution is -2.31. The van der Waals surface area contributed by atoms with Crippen molar-refractivity contribution >= 4 is 11.8 Å². The number of carbonyl (C=O) groups is 2. The molecule has 0 aliphatic heterocycles. The van der Waals surface area contributed by atoms with Gasteiger partial charge < -0.3 is 4.74 Å². The van der Waals surface area contributed by atoms with Gasteiger partial charge in [0.1, 0.15) is 0 Å². The van der Waals surface area contributed by atoms with Crippen molar-refractivity contribution in [1.82, 2.24) is 5.32 Å². The molecule has 4 nitrogen and oxygen atoms in total. The minimum Gasteiger partial charge on any atom is -0.375 e. The van der Waals surface area contributed by atoms with Gasteiger partial charge in [-0.3, -0.25) is 14.9 Å². The quantitative estimate of drug-likeness (QED) is 0.728. The highest BCUT2D eigenvalue weighted by atomic mass is 16.5. The number of hydrogen-bond acceptors (Lipinski definition) is 3. The van der Waals surface area contributed by atoms with E-state index in [1.165, 1.54) is 6.92 Å². The van der Waals surface area contributed by atoms with Crippen LogP contribution in [0.3, 0.4) is 0 Å². The molecule has 0 fully saturated rings. The lowest BCUT2D eigenvalue weighted by Gasteiger charge is -2.23. The molecule has 0 aliphatic rings. The van der Waals surface area contributed by atoms with Crippen molar-refractivity contribution in [2.45, 2.75) is 46.1 Å². The summed E-state index contributed by atoms with van der Waals surface area (Å²) in [6.07, 6.45) is 1.12. The first-order chi connectivity index (χ1) is 6.37. The van der Waals surface area contributed by atoms with Gasteiger partial charge in [0, 0.05) is 6.92 Å². The molecule has 0 aromatic carbocycles. The van der Waals surface area contributed by atoms with E-state index in [1.807, 2.05) is 20.8 Å². The topological polar surface area (TPSA) is 55.4 Å². The molecule has 0 saturated heterocycles. The summed E-state index contributed by atoms with van der Waals surface area (Å²) in [7, 11) is 0.